The van der Waals surface area contributed by atoms with E-state index >= 15 is 0 Å². The number of rotatable bonds is 5. The molecule has 0 bridgehead atoms. The Balaban J connectivity index is 0.000000181. The fourth-order valence-electron chi connectivity index (χ4n) is 9.64. The van der Waals surface area contributed by atoms with Gasteiger partial charge in [0.2, 0.25) is 28.5 Å². The van der Waals surface area contributed by atoms with Gasteiger partial charge in [0.05, 0.1) is 0 Å². The van der Waals surface area contributed by atoms with Gasteiger partial charge in [-0.05, 0) is 170 Å². The van der Waals surface area contributed by atoms with Crippen LogP contribution in [0.25, 0.3) is 56.3 Å². The molecule has 10 rings (SSSR count). The molecule has 5 heteroatoms. The molecule has 5 nitrogen and oxygen atoms in total. The van der Waals surface area contributed by atoms with Gasteiger partial charge in [0.15, 0.2) is 30.0 Å². The minimum absolute atomic E-state index is 0.391. The SMILES string of the molecule is Cc1cc(C)[n+](C)c(-c2ccccc2C)c1.[2H]C([2H])([2H])c1c[n+](C)c(-c2ccccc2C)cc1C.[2H]C([2H])([2H])c1cc[n+](C)c(-c2ccccc2C)c1C.[2H]C([2H])([2H])c1ccc(-c2cccc(C)[n+]2C)c(C)c1.[2H]C([2H])([2H])c1ccc(-c2cccc[n+]2C)c(C)c1. The Labute approximate surface area is 492 Å². The molecular formula is C74H88N5+5. The van der Waals surface area contributed by atoms with Gasteiger partial charge < -0.3 is 0 Å². The summed E-state index contributed by atoms with van der Waals surface area (Å²) >= 11 is 0. The van der Waals surface area contributed by atoms with Crippen LogP contribution in [0.5, 0.6) is 0 Å². The topological polar surface area (TPSA) is 19.4 Å². The zero-order valence-electron chi connectivity index (χ0n) is 61.1. The second-order valence-corrected chi connectivity index (χ2v) is 20.6. The summed E-state index contributed by atoms with van der Waals surface area (Å²) in [5, 5.41) is 0. The van der Waals surface area contributed by atoms with Crippen molar-refractivity contribution < 1.29 is 39.3 Å². The highest BCUT2D eigenvalue weighted by Crippen LogP contribution is 2.26. The Bertz CT molecular complexity index is 4200. The van der Waals surface area contributed by atoms with Crippen LogP contribution in [0.1, 0.15) is 94.6 Å². The van der Waals surface area contributed by atoms with Gasteiger partial charge >= 0.3 is 0 Å². The minimum Gasteiger partial charge on any atom is -0.201 e. The van der Waals surface area contributed by atoms with Crippen molar-refractivity contribution in [1.82, 2.24) is 0 Å². The lowest BCUT2D eigenvalue weighted by Crippen LogP contribution is -2.34. The maximum atomic E-state index is 7.62. The summed E-state index contributed by atoms with van der Waals surface area (Å²) in [4.78, 5) is 0. The Kier molecular flexibility index (Phi) is 15.6. The van der Waals surface area contributed by atoms with Crippen molar-refractivity contribution in [2.24, 2.45) is 35.2 Å². The average Bonchev–Trinajstić information content (AvgIpc) is 0.931. The lowest BCUT2D eigenvalue weighted by atomic mass is 9.99. The van der Waals surface area contributed by atoms with Crippen LogP contribution in [-0.4, -0.2) is 0 Å². The number of hydrogen-bond donors (Lipinski definition) is 0. The van der Waals surface area contributed by atoms with Crippen LogP contribution >= 0.6 is 0 Å². The van der Waals surface area contributed by atoms with Crippen molar-refractivity contribution in [1.29, 1.82) is 0 Å². The van der Waals surface area contributed by atoms with Crippen molar-refractivity contribution >= 4 is 0 Å². The van der Waals surface area contributed by atoms with Crippen molar-refractivity contribution in [3.05, 3.63) is 267 Å². The number of aromatic nitrogens is 5. The molecule has 0 amide bonds. The number of benzene rings is 5. The van der Waals surface area contributed by atoms with E-state index in [2.05, 4.69) is 105 Å². The lowest BCUT2D eigenvalue weighted by Gasteiger charge is -2.08. The number of aryl methyl sites for hydroxylation is 16. The van der Waals surface area contributed by atoms with Crippen molar-refractivity contribution in [2.45, 2.75) is 96.6 Å². The van der Waals surface area contributed by atoms with Gasteiger partial charge in [0.25, 0.3) is 0 Å². The van der Waals surface area contributed by atoms with Gasteiger partial charge in [-0.2, -0.15) is 9.13 Å². The van der Waals surface area contributed by atoms with E-state index in [0.717, 1.165) is 78.5 Å². The van der Waals surface area contributed by atoms with E-state index in [9.17, 15) is 0 Å². The highest BCUT2D eigenvalue weighted by molar-refractivity contribution is 5.66. The van der Waals surface area contributed by atoms with Crippen LogP contribution in [0, 0.1) is 96.6 Å². The summed E-state index contributed by atoms with van der Waals surface area (Å²) in [6.07, 6.45) is 5.51. The third-order valence-electron chi connectivity index (χ3n) is 14.5. The fraction of sp³-hybridized carbons (Fsp3) is 0.257. The predicted octanol–water partition coefficient (Wildman–Crippen LogP) is 15.2. The molecule has 0 aliphatic heterocycles. The quantitative estimate of drug-likeness (QED) is 0.153. The Morgan fingerprint density at radius 2 is 0.797 bits per heavy atom. The second-order valence-electron chi connectivity index (χ2n) is 20.6. The molecule has 79 heavy (non-hydrogen) atoms. The largest absolute Gasteiger partial charge is 0.215 e. The highest BCUT2D eigenvalue weighted by atomic mass is 15.0. The van der Waals surface area contributed by atoms with Gasteiger partial charge in [-0.15, -0.1) is 0 Å². The summed E-state index contributed by atoms with van der Waals surface area (Å²) < 4.78 is 100. The monoisotopic (exact) mass is 1060 g/mol. The molecule has 0 fully saturated rings. The van der Waals surface area contributed by atoms with Crippen molar-refractivity contribution in [3.8, 4) is 56.3 Å². The van der Waals surface area contributed by atoms with Gasteiger partial charge in [-0.3, -0.25) is 0 Å². The van der Waals surface area contributed by atoms with Gasteiger partial charge in [-0.25, -0.2) is 13.7 Å². The Hall–Kier alpha value is -8.15. The zero-order chi connectivity index (χ0) is 67.7. The second kappa shape index (κ2) is 27.4. The van der Waals surface area contributed by atoms with E-state index in [4.69, 9.17) is 16.4 Å². The van der Waals surface area contributed by atoms with Gasteiger partial charge in [0.1, 0.15) is 35.2 Å². The molecule has 10 aromatic rings. The summed E-state index contributed by atoms with van der Waals surface area (Å²) in [5.74, 6) is 0. The number of hydrogen-bond acceptors (Lipinski definition) is 0. The summed E-state index contributed by atoms with van der Waals surface area (Å²) in [7, 11) is 9.94. The van der Waals surface area contributed by atoms with Crippen LogP contribution < -0.4 is 22.8 Å². The highest BCUT2D eigenvalue weighted by Gasteiger charge is 2.19. The van der Waals surface area contributed by atoms with Crippen LogP contribution in [0.3, 0.4) is 0 Å². The summed E-state index contributed by atoms with van der Waals surface area (Å²) in [5.41, 5.74) is 23.7. The minimum atomic E-state index is -2.07. The molecule has 0 atom stereocenters. The normalized spacial score (nSPS) is 13.4. The van der Waals surface area contributed by atoms with Crippen molar-refractivity contribution in [3.63, 3.8) is 0 Å². The molecule has 0 saturated carbocycles. The number of nitrogens with zero attached hydrogens (tertiary/aromatic N) is 5. The maximum absolute atomic E-state index is 7.62. The molecule has 0 spiro atoms. The van der Waals surface area contributed by atoms with E-state index in [-0.39, 0.29) is 0 Å². The van der Waals surface area contributed by atoms with Gasteiger partial charge in [0, 0.05) is 118 Å². The molecule has 0 N–H and O–H groups in total. The first kappa shape index (κ1) is 44.8. The fourth-order valence-corrected chi connectivity index (χ4v) is 9.64. The first-order valence-corrected chi connectivity index (χ1v) is 26.7. The lowest BCUT2D eigenvalue weighted by molar-refractivity contribution is -0.666. The van der Waals surface area contributed by atoms with E-state index in [0.29, 0.717) is 22.3 Å². The molecular weight excluding hydrogens is 959 g/mol. The standard InChI is InChI=1S/4C15H18N.C14H16N/c1-11-8-9-14(12(2)10-11)15-7-5-6-13(3)16(15)4;1-11-9-13(3)16(4)15(10-11)14-8-6-5-7-12(14)2;1-11-7-5-6-8-14(11)15-9-12(2)13(3)10-16(15)4;1-11-9-10-16(4)15(13(11)3)14-8-6-5-7-12(14)2;1-11-7-8-13(12(2)10-11)14-6-4-5-9-15(14)3/h4*5-10H,1-4H3;4-10H,1-3H3/q5*+1/i1D3;;3D3;2*1D3. The molecule has 5 aromatic heterocycles. The third kappa shape index (κ3) is 15.3. The first-order chi connectivity index (χ1) is 42.4. The van der Waals surface area contributed by atoms with Crippen LogP contribution in [0.15, 0.2) is 188 Å². The van der Waals surface area contributed by atoms with Gasteiger partial charge in [-0.1, -0.05) is 90.0 Å². The molecule has 0 saturated heterocycles. The third-order valence-corrected chi connectivity index (χ3v) is 14.5. The van der Waals surface area contributed by atoms with Crippen LogP contribution in [-0.2, 0) is 35.2 Å². The van der Waals surface area contributed by atoms with Crippen LogP contribution in [0.2, 0.25) is 0 Å². The zero-order valence-corrected chi connectivity index (χ0v) is 49.1. The maximum Gasteiger partial charge on any atom is 0.215 e. The summed E-state index contributed by atoms with van der Waals surface area (Å²) in [6, 6.07) is 55.5. The number of pyridine rings is 5. The Morgan fingerprint density at radius 3 is 1.34 bits per heavy atom. The summed E-state index contributed by atoms with van der Waals surface area (Å²) in [6.45, 7) is 12.0. The van der Waals surface area contributed by atoms with E-state index in [1.165, 1.54) is 33.6 Å². The van der Waals surface area contributed by atoms with E-state index < -0.39 is 27.4 Å². The molecule has 0 radical (unpaired) electrons. The Morgan fingerprint density at radius 1 is 0.291 bits per heavy atom. The smallest absolute Gasteiger partial charge is 0.201 e. The van der Waals surface area contributed by atoms with E-state index in [1.54, 1.807) is 36.5 Å². The molecule has 404 valence electrons. The van der Waals surface area contributed by atoms with Crippen LogP contribution in [0.4, 0.5) is 0 Å². The first-order valence-electron chi connectivity index (χ1n) is 32.7. The molecule has 0 aliphatic carbocycles. The average molecular weight is 1060 g/mol. The molecule has 0 unspecified atom stereocenters. The molecule has 5 heterocycles. The predicted molar refractivity (Wildman–Crippen MR) is 332 cm³/mol. The molecule has 5 aromatic carbocycles. The van der Waals surface area contributed by atoms with Crippen molar-refractivity contribution in [2.75, 3.05) is 0 Å². The van der Waals surface area contributed by atoms with E-state index in [1.807, 2.05) is 174 Å². The molecule has 0 aliphatic rings.